The van der Waals surface area contributed by atoms with Crippen molar-refractivity contribution >= 4 is 5.97 Å². The Morgan fingerprint density at radius 1 is 0.729 bits per heavy atom. The molecule has 14 atom stereocenters. The highest BCUT2D eigenvalue weighted by Crippen LogP contribution is 2.49. The first-order valence-electron chi connectivity index (χ1n) is 20.5. The molecular weight excluding hydrogens is 772 g/mol. The van der Waals surface area contributed by atoms with E-state index in [1.807, 2.05) is 0 Å². The summed E-state index contributed by atoms with van der Waals surface area (Å²) in [6, 6.07) is 5.59. The fourth-order valence-corrected chi connectivity index (χ4v) is 9.79. The molecule has 7 aliphatic rings. The molecule has 5 unspecified atom stereocenters. The summed E-state index contributed by atoms with van der Waals surface area (Å²) in [6.45, 7) is 1.82. The molecule has 0 aromatic heterocycles. The Balaban J connectivity index is 1.14. The maximum Gasteiger partial charge on any atom is 0.338 e. The zero-order chi connectivity index (χ0) is 41.0. The molecule has 59 heavy (non-hydrogen) atoms. The van der Waals surface area contributed by atoms with Gasteiger partial charge in [0.15, 0.2) is 30.3 Å². The first kappa shape index (κ1) is 41.3. The van der Waals surface area contributed by atoms with Crippen LogP contribution in [-0.4, -0.2) is 110 Å². The highest BCUT2D eigenvalue weighted by atomic mass is 16.8. The molecule has 8 rings (SSSR count). The Morgan fingerprint density at radius 3 is 2.07 bits per heavy atom. The van der Waals surface area contributed by atoms with Crippen LogP contribution in [0.25, 0.3) is 41.8 Å². The van der Waals surface area contributed by atoms with Crippen molar-refractivity contribution in [1.82, 2.24) is 0 Å². The van der Waals surface area contributed by atoms with Gasteiger partial charge in [0.1, 0.15) is 30.5 Å². The number of benzene rings is 1. The molecular formula is C37H48N12O10. The molecule has 0 radical (unpaired) electrons. The van der Waals surface area contributed by atoms with Crippen LogP contribution >= 0.6 is 0 Å². The monoisotopic (exact) mass is 820 g/mol. The number of azide groups is 4. The van der Waals surface area contributed by atoms with Gasteiger partial charge in [0, 0.05) is 51.2 Å². The Hall–Kier alpha value is -4.39. The van der Waals surface area contributed by atoms with Crippen molar-refractivity contribution < 1.29 is 47.4 Å². The Kier molecular flexibility index (Phi) is 12.7. The number of carbonyl (C=O) groups is 1. The summed E-state index contributed by atoms with van der Waals surface area (Å²) >= 11 is 0. The first-order valence-corrected chi connectivity index (χ1v) is 20.5. The van der Waals surface area contributed by atoms with Crippen LogP contribution in [0.4, 0.5) is 0 Å². The number of ether oxygens (including phenoxy) is 9. The van der Waals surface area contributed by atoms with Crippen LogP contribution in [0.3, 0.4) is 0 Å². The van der Waals surface area contributed by atoms with Crippen LogP contribution in [0.5, 0.6) is 0 Å². The smallest absolute Gasteiger partial charge is 0.338 e. The van der Waals surface area contributed by atoms with Crippen LogP contribution in [0.15, 0.2) is 50.8 Å². The molecule has 1 aromatic carbocycles. The van der Waals surface area contributed by atoms with E-state index in [0.29, 0.717) is 31.2 Å². The molecule has 22 nitrogen and oxygen atoms in total. The minimum atomic E-state index is -1.35. The van der Waals surface area contributed by atoms with Crippen LogP contribution in [0, 0.1) is 5.92 Å². The van der Waals surface area contributed by atoms with E-state index in [0.717, 1.165) is 38.5 Å². The summed E-state index contributed by atoms with van der Waals surface area (Å²) in [4.78, 5) is 25.7. The molecule has 4 aliphatic heterocycles. The van der Waals surface area contributed by atoms with Crippen molar-refractivity contribution in [2.24, 2.45) is 26.4 Å². The molecule has 3 aliphatic carbocycles. The van der Waals surface area contributed by atoms with Crippen molar-refractivity contribution in [3.05, 3.63) is 77.7 Å². The minimum absolute atomic E-state index is 0.0683. The van der Waals surface area contributed by atoms with Gasteiger partial charge in [-0.3, -0.25) is 0 Å². The van der Waals surface area contributed by atoms with E-state index >= 15 is 0 Å². The van der Waals surface area contributed by atoms with Gasteiger partial charge in [-0.15, -0.1) is 0 Å². The molecule has 4 heterocycles. The number of carbonyl (C=O) groups excluding carboxylic acids is 1. The van der Waals surface area contributed by atoms with Gasteiger partial charge >= 0.3 is 5.97 Å². The minimum Gasteiger partial charge on any atom is -0.453 e. The van der Waals surface area contributed by atoms with E-state index < -0.39 is 103 Å². The van der Waals surface area contributed by atoms with E-state index in [2.05, 4.69) is 40.1 Å². The average molecular weight is 821 g/mol. The zero-order valence-corrected chi connectivity index (χ0v) is 32.6. The largest absolute Gasteiger partial charge is 0.453 e. The van der Waals surface area contributed by atoms with Crippen LogP contribution < -0.4 is 0 Å². The fourth-order valence-electron chi connectivity index (χ4n) is 9.79. The summed E-state index contributed by atoms with van der Waals surface area (Å²) < 4.78 is 59.2. The van der Waals surface area contributed by atoms with E-state index in [1.54, 1.807) is 37.3 Å². The predicted molar refractivity (Wildman–Crippen MR) is 202 cm³/mol. The number of fused-ring (bicyclic) bond motifs is 2. The van der Waals surface area contributed by atoms with Gasteiger partial charge in [-0.2, -0.15) is 0 Å². The Bertz CT molecular complexity index is 1860. The lowest BCUT2D eigenvalue weighted by molar-refractivity contribution is -0.398. The number of rotatable bonds is 11. The lowest BCUT2D eigenvalue weighted by Crippen LogP contribution is -2.68. The van der Waals surface area contributed by atoms with Gasteiger partial charge in [-0.1, -0.05) is 58.4 Å². The normalized spacial score (nSPS) is 39.3. The highest BCUT2D eigenvalue weighted by Gasteiger charge is 2.61. The summed E-state index contributed by atoms with van der Waals surface area (Å²) in [7, 11) is 0. The fraction of sp³-hybridized carbons (Fsp3) is 0.811. The molecule has 22 heteroatoms. The van der Waals surface area contributed by atoms with Crippen molar-refractivity contribution in [1.29, 1.82) is 0 Å². The molecule has 7 fully saturated rings. The van der Waals surface area contributed by atoms with Gasteiger partial charge in [0.25, 0.3) is 0 Å². The van der Waals surface area contributed by atoms with Crippen LogP contribution in [0.1, 0.15) is 87.9 Å². The number of esters is 1. The second kappa shape index (κ2) is 18.1. The standard InChI is InChI=1S/C37H48N12O10/c1-20-24(18-42-46-38)52-35(27(20)54-33(50)21-11-5-2-6-12-21)56-31-26(45-49-41)34(53-25-19-51-36(58-30(25)31)13-7-3-8-14-36)55-28-22(43-47-39)17-23(44-48-40)29-32(28)59-37(57-29)15-9-4-10-16-37/h2,5-6,11-12,20,22-32,34-35H,3-4,7-10,13-19H2,1H3/t20-,22?,23+,24+,25?,26?,27?,28+,29?,30+,31+,32-,34+,35-/m0/s1. The molecule has 4 saturated heterocycles. The number of hydrogen-bond donors (Lipinski definition) is 0. The van der Waals surface area contributed by atoms with Crippen molar-refractivity contribution in [3.63, 3.8) is 0 Å². The second-order valence-corrected chi connectivity index (χ2v) is 16.3. The summed E-state index contributed by atoms with van der Waals surface area (Å²) in [5, 5.41) is 16.0. The van der Waals surface area contributed by atoms with Gasteiger partial charge in [0.05, 0.1) is 49.1 Å². The maximum atomic E-state index is 13.5. The number of nitrogens with zero attached hydrogens (tertiary/aromatic N) is 12. The third kappa shape index (κ3) is 8.50. The average Bonchev–Trinajstić information content (AvgIpc) is 3.76. The van der Waals surface area contributed by atoms with Crippen molar-refractivity contribution in [2.45, 2.75) is 169 Å². The van der Waals surface area contributed by atoms with Gasteiger partial charge in [0.2, 0.25) is 0 Å². The molecule has 0 bridgehead atoms. The third-order valence-corrected chi connectivity index (χ3v) is 12.7. The zero-order valence-electron chi connectivity index (χ0n) is 32.6. The van der Waals surface area contributed by atoms with Crippen molar-refractivity contribution in [2.75, 3.05) is 13.2 Å². The van der Waals surface area contributed by atoms with Gasteiger partial charge in [-0.05, 0) is 66.4 Å². The SMILES string of the molecule is C[C@@H]1C(OC(=O)c2ccccc2)[C@H](O[C@@H]2C(N=[N+]=[N-])[C@@H](O[C@@H]3C(N=[N+]=[N-])C[C@@H](N=[N+]=[N-])C4OC5(CCCCC5)O[C@H]43)OC3COC4(CCCCC4)O[C@H]32)O[C@@H]1CN=[N+]=[N-]. The topological polar surface area (TPSA) is 295 Å². The third-order valence-electron chi connectivity index (χ3n) is 12.7. The van der Waals surface area contributed by atoms with E-state index in [-0.39, 0.29) is 19.6 Å². The molecule has 0 amide bonds. The Labute approximate surface area is 338 Å². The van der Waals surface area contributed by atoms with Gasteiger partial charge in [-0.25, -0.2) is 4.79 Å². The van der Waals surface area contributed by atoms with Gasteiger partial charge < -0.3 is 42.6 Å². The Morgan fingerprint density at radius 2 is 1.37 bits per heavy atom. The summed E-state index contributed by atoms with van der Waals surface area (Å²) in [5.41, 5.74) is 38.8. The lowest BCUT2D eigenvalue weighted by atomic mass is 9.84. The highest BCUT2D eigenvalue weighted by molar-refractivity contribution is 5.89. The molecule has 3 saturated carbocycles. The van der Waals surface area contributed by atoms with E-state index in [9.17, 15) is 21.4 Å². The van der Waals surface area contributed by atoms with E-state index in [1.165, 1.54) is 0 Å². The van der Waals surface area contributed by atoms with Crippen molar-refractivity contribution in [3.8, 4) is 0 Å². The predicted octanol–water partition coefficient (Wildman–Crippen LogP) is 7.34. The lowest BCUT2D eigenvalue weighted by Gasteiger charge is -2.53. The summed E-state index contributed by atoms with van der Waals surface area (Å²) in [5.74, 6) is -2.99. The molecule has 1 aromatic rings. The van der Waals surface area contributed by atoms with Crippen LogP contribution in [-0.2, 0) is 42.6 Å². The molecule has 2 spiro atoms. The van der Waals surface area contributed by atoms with E-state index in [4.69, 9.17) is 48.2 Å². The quantitative estimate of drug-likeness (QED) is 0.0925. The maximum absolute atomic E-state index is 13.5. The first-order chi connectivity index (χ1) is 28.8. The second-order valence-electron chi connectivity index (χ2n) is 16.3. The summed E-state index contributed by atoms with van der Waals surface area (Å²) in [6.07, 6.45) is -1.59. The number of hydrogen-bond acceptors (Lipinski definition) is 14. The van der Waals surface area contributed by atoms with Crippen LogP contribution in [0.2, 0.25) is 0 Å². The molecule has 0 N–H and O–H groups in total. The molecule has 316 valence electrons.